The normalized spacial score (nSPS) is 15.5. The third-order valence-corrected chi connectivity index (χ3v) is 5.89. The number of hydrogen-bond donors (Lipinski definition) is 1. The molecule has 138 valence electrons. The minimum atomic E-state index is -3.65. The molecular formula is C19H23N3O3S. The Morgan fingerprint density at radius 1 is 1.00 bits per heavy atom. The number of nitrogens with zero attached hydrogens (tertiary/aromatic N) is 2. The predicted molar refractivity (Wildman–Crippen MR) is 99.1 cm³/mol. The van der Waals surface area contributed by atoms with E-state index in [2.05, 4.69) is 9.71 Å². The average molecular weight is 373 g/mol. The van der Waals surface area contributed by atoms with Gasteiger partial charge in [-0.15, -0.1) is 0 Å². The summed E-state index contributed by atoms with van der Waals surface area (Å²) in [6, 6.07) is 11.5. The highest BCUT2D eigenvalue weighted by molar-refractivity contribution is 7.89. The summed E-state index contributed by atoms with van der Waals surface area (Å²) < 4.78 is 27.3. The fourth-order valence-electron chi connectivity index (χ4n) is 2.99. The molecule has 2 aromatic rings. The molecule has 2 heterocycles. The van der Waals surface area contributed by atoms with Crippen molar-refractivity contribution in [2.24, 2.45) is 0 Å². The highest BCUT2D eigenvalue weighted by Crippen LogP contribution is 2.16. The van der Waals surface area contributed by atoms with Crippen LogP contribution in [0, 0.1) is 0 Å². The largest absolute Gasteiger partial charge is 0.339 e. The van der Waals surface area contributed by atoms with Crippen LogP contribution in [-0.2, 0) is 16.6 Å². The van der Waals surface area contributed by atoms with Gasteiger partial charge in [-0.1, -0.05) is 18.9 Å². The van der Waals surface area contributed by atoms with Crippen molar-refractivity contribution >= 4 is 15.9 Å². The van der Waals surface area contributed by atoms with Crippen LogP contribution in [0.4, 0.5) is 0 Å². The van der Waals surface area contributed by atoms with Gasteiger partial charge in [0, 0.05) is 24.8 Å². The minimum absolute atomic E-state index is 0.0303. The first-order valence-electron chi connectivity index (χ1n) is 8.85. The Bertz CT molecular complexity index is 828. The molecule has 0 spiro atoms. The van der Waals surface area contributed by atoms with Gasteiger partial charge in [0.25, 0.3) is 5.91 Å². The summed E-state index contributed by atoms with van der Waals surface area (Å²) in [7, 11) is -3.65. The number of carbonyl (C=O) groups excluding carboxylic acids is 1. The number of nitrogens with one attached hydrogen (secondary N) is 1. The Kier molecular flexibility index (Phi) is 6.00. The van der Waals surface area contributed by atoms with E-state index < -0.39 is 10.0 Å². The van der Waals surface area contributed by atoms with Gasteiger partial charge in [-0.05, 0) is 49.2 Å². The molecule has 0 saturated carbocycles. The molecule has 0 radical (unpaired) electrons. The van der Waals surface area contributed by atoms with Crippen LogP contribution in [0.1, 0.15) is 41.7 Å². The van der Waals surface area contributed by atoms with Gasteiger partial charge in [0.2, 0.25) is 10.0 Å². The van der Waals surface area contributed by atoms with E-state index in [0.717, 1.165) is 38.8 Å². The van der Waals surface area contributed by atoms with Gasteiger partial charge < -0.3 is 4.90 Å². The van der Waals surface area contributed by atoms with Crippen molar-refractivity contribution in [1.29, 1.82) is 0 Å². The van der Waals surface area contributed by atoms with Crippen LogP contribution in [0.15, 0.2) is 53.6 Å². The summed E-state index contributed by atoms with van der Waals surface area (Å²) in [5.74, 6) is -0.0303. The van der Waals surface area contributed by atoms with E-state index in [-0.39, 0.29) is 17.3 Å². The Morgan fingerprint density at radius 3 is 2.31 bits per heavy atom. The zero-order chi connectivity index (χ0) is 18.4. The molecule has 1 amide bonds. The number of benzene rings is 1. The molecule has 1 aliphatic heterocycles. The molecule has 1 aliphatic rings. The Labute approximate surface area is 154 Å². The lowest BCUT2D eigenvalue weighted by molar-refractivity contribution is 0.0761. The molecule has 1 aromatic carbocycles. The van der Waals surface area contributed by atoms with Crippen molar-refractivity contribution in [3.63, 3.8) is 0 Å². The van der Waals surface area contributed by atoms with E-state index in [1.165, 1.54) is 12.1 Å². The third kappa shape index (κ3) is 4.68. The van der Waals surface area contributed by atoms with Crippen LogP contribution in [0.3, 0.4) is 0 Å². The summed E-state index contributed by atoms with van der Waals surface area (Å²) in [6.07, 6.45) is 5.98. The second-order valence-corrected chi connectivity index (χ2v) is 8.14. The quantitative estimate of drug-likeness (QED) is 0.874. The van der Waals surface area contributed by atoms with Crippen LogP contribution >= 0.6 is 0 Å². The SMILES string of the molecule is O=C(c1ccc(S(=O)(=O)NCc2ccccn2)cc1)N1CCCCCC1. The first-order chi connectivity index (χ1) is 12.6. The van der Waals surface area contributed by atoms with Gasteiger partial charge in [0.1, 0.15) is 0 Å². The van der Waals surface area contributed by atoms with Crippen molar-refractivity contribution in [3.05, 3.63) is 59.9 Å². The highest BCUT2D eigenvalue weighted by atomic mass is 32.2. The summed E-state index contributed by atoms with van der Waals surface area (Å²) in [5.41, 5.74) is 1.17. The van der Waals surface area contributed by atoms with E-state index in [1.54, 1.807) is 36.5 Å². The van der Waals surface area contributed by atoms with Gasteiger partial charge in [0.15, 0.2) is 0 Å². The lowest BCUT2D eigenvalue weighted by atomic mass is 10.2. The molecule has 0 unspecified atom stereocenters. The maximum Gasteiger partial charge on any atom is 0.253 e. The van der Waals surface area contributed by atoms with Crippen molar-refractivity contribution in [3.8, 4) is 0 Å². The Morgan fingerprint density at radius 2 is 1.69 bits per heavy atom. The monoisotopic (exact) mass is 373 g/mol. The topological polar surface area (TPSA) is 79.4 Å². The van der Waals surface area contributed by atoms with Gasteiger partial charge in [-0.2, -0.15) is 0 Å². The molecule has 7 heteroatoms. The van der Waals surface area contributed by atoms with Crippen molar-refractivity contribution in [1.82, 2.24) is 14.6 Å². The second kappa shape index (κ2) is 8.42. The van der Waals surface area contributed by atoms with E-state index in [9.17, 15) is 13.2 Å². The summed E-state index contributed by atoms with van der Waals surface area (Å²) in [5, 5.41) is 0. The average Bonchev–Trinajstić information content (AvgIpc) is 2.96. The number of carbonyl (C=O) groups is 1. The predicted octanol–water partition coefficient (Wildman–Crippen LogP) is 2.58. The number of amides is 1. The van der Waals surface area contributed by atoms with E-state index in [4.69, 9.17) is 0 Å². The minimum Gasteiger partial charge on any atom is -0.339 e. The molecule has 6 nitrogen and oxygen atoms in total. The lowest BCUT2D eigenvalue weighted by Crippen LogP contribution is -2.31. The van der Waals surface area contributed by atoms with Crippen molar-refractivity contribution in [2.75, 3.05) is 13.1 Å². The number of pyridine rings is 1. The Balaban J connectivity index is 1.67. The standard InChI is InChI=1S/C19H23N3O3S/c23-19(22-13-5-1-2-6-14-22)16-8-10-18(11-9-16)26(24,25)21-15-17-7-3-4-12-20-17/h3-4,7-12,21H,1-2,5-6,13-15H2. The van der Waals surface area contributed by atoms with Crippen LogP contribution in [0.5, 0.6) is 0 Å². The molecule has 26 heavy (non-hydrogen) atoms. The molecule has 1 N–H and O–H groups in total. The van der Waals surface area contributed by atoms with Crippen LogP contribution in [0.25, 0.3) is 0 Å². The number of likely N-dealkylation sites (tertiary alicyclic amines) is 1. The van der Waals surface area contributed by atoms with Gasteiger partial charge in [-0.3, -0.25) is 9.78 Å². The zero-order valence-corrected chi connectivity index (χ0v) is 15.4. The van der Waals surface area contributed by atoms with Crippen LogP contribution in [-0.4, -0.2) is 37.3 Å². The van der Waals surface area contributed by atoms with E-state index in [1.807, 2.05) is 4.90 Å². The molecule has 0 atom stereocenters. The molecule has 0 aliphatic carbocycles. The first kappa shape index (κ1) is 18.5. The summed E-state index contributed by atoms with van der Waals surface area (Å²) in [6.45, 7) is 1.66. The van der Waals surface area contributed by atoms with Crippen molar-refractivity contribution < 1.29 is 13.2 Å². The molecule has 1 fully saturated rings. The van der Waals surface area contributed by atoms with Crippen LogP contribution < -0.4 is 4.72 Å². The number of rotatable bonds is 5. The number of sulfonamides is 1. The van der Waals surface area contributed by atoms with Gasteiger partial charge >= 0.3 is 0 Å². The smallest absolute Gasteiger partial charge is 0.253 e. The van der Waals surface area contributed by atoms with Crippen molar-refractivity contribution in [2.45, 2.75) is 37.1 Å². The lowest BCUT2D eigenvalue weighted by Gasteiger charge is -2.20. The fraction of sp³-hybridized carbons (Fsp3) is 0.368. The van der Waals surface area contributed by atoms with E-state index in [0.29, 0.717) is 11.3 Å². The zero-order valence-electron chi connectivity index (χ0n) is 14.6. The van der Waals surface area contributed by atoms with Crippen LogP contribution in [0.2, 0.25) is 0 Å². The van der Waals surface area contributed by atoms with E-state index >= 15 is 0 Å². The van der Waals surface area contributed by atoms with Gasteiger partial charge in [0.05, 0.1) is 17.1 Å². The second-order valence-electron chi connectivity index (χ2n) is 6.38. The molecule has 1 saturated heterocycles. The highest BCUT2D eigenvalue weighted by Gasteiger charge is 2.19. The number of hydrogen-bond acceptors (Lipinski definition) is 4. The maximum absolute atomic E-state index is 12.6. The Hall–Kier alpha value is -2.25. The first-order valence-corrected chi connectivity index (χ1v) is 10.3. The maximum atomic E-state index is 12.6. The summed E-state index contributed by atoms with van der Waals surface area (Å²) >= 11 is 0. The molecule has 3 rings (SSSR count). The summed E-state index contributed by atoms with van der Waals surface area (Å²) in [4.78, 5) is 18.7. The van der Waals surface area contributed by atoms with Gasteiger partial charge in [-0.25, -0.2) is 13.1 Å². The number of aromatic nitrogens is 1. The molecular weight excluding hydrogens is 350 g/mol. The fourth-order valence-corrected chi connectivity index (χ4v) is 3.99. The molecule has 1 aromatic heterocycles. The molecule has 0 bridgehead atoms. The third-order valence-electron chi connectivity index (χ3n) is 4.47.